The number of unbranched alkanes of at least 4 members (excludes halogenated alkanes) is 1. The first-order chi connectivity index (χ1) is 18.7. The molecule has 2 aromatic carbocycles. The van der Waals surface area contributed by atoms with Gasteiger partial charge in [-0.15, -0.1) is 0 Å². The number of thiazole rings is 1. The maximum absolute atomic E-state index is 13.5. The molecule has 0 saturated carbocycles. The molecule has 1 aromatic heterocycles. The number of aryl methyl sites for hydroxylation is 1. The molecule has 10 heteroatoms. The van der Waals surface area contributed by atoms with Gasteiger partial charge < -0.3 is 19.3 Å². The summed E-state index contributed by atoms with van der Waals surface area (Å²) in [5.74, 6) is -0.760. The lowest BCUT2D eigenvalue weighted by Gasteiger charge is -2.24. The van der Waals surface area contributed by atoms with Crippen LogP contribution in [0.4, 0.5) is 5.13 Å². The minimum absolute atomic E-state index is 0.107. The predicted molar refractivity (Wildman–Crippen MR) is 148 cm³/mol. The average molecular weight is 551 g/mol. The Morgan fingerprint density at radius 3 is 2.38 bits per heavy atom. The number of methoxy groups -OCH3 is 2. The van der Waals surface area contributed by atoms with E-state index in [4.69, 9.17) is 14.2 Å². The molecule has 0 radical (unpaired) electrons. The molecular formula is C29H30N2O7S. The van der Waals surface area contributed by atoms with E-state index in [1.54, 1.807) is 49.4 Å². The highest BCUT2D eigenvalue weighted by Gasteiger charge is 2.48. The first kappa shape index (κ1) is 27.8. The molecule has 1 N–H and O–H groups in total. The van der Waals surface area contributed by atoms with Crippen LogP contribution in [-0.2, 0) is 9.59 Å². The number of hydrogen-bond acceptors (Lipinski definition) is 9. The number of nitrogens with zero attached hydrogens (tertiary/aromatic N) is 2. The molecule has 9 nitrogen and oxygen atoms in total. The number of ketones is 2. The van der Waals surface area contributed by atoms with Crippen LogP contribution in [0.2, 0.25) is 0 Å². The monoisotopic (exact) mass is 550 g/mol. The molecular weight excluding hydrogens is 520 g/mol. The number of benzene rings is 2. The van der Waals surface area contributed by atoms with E-state index >= 15 is 0 Å². The van der Waals surface area contributed by atoms with Crippen LogP contribution in [0.15, 0.2) is 48.0 Å². The van der Waals surface area contributed by atoms with Gasteiger partial charge in [0.2, 0.25) is 0 Å². The summed E-state index contributed by atoms with van der Waals surface area (Å²) in [6, 6.07) is 10.6. The Balaban J connectivity index is 1.90. The van der Waals surface area contributed by atoms with Crippen LogP contribution in [0.25, 0.3) is 5.76 Å². The first-order valence-electron chi connectivity index (χ1n) is 12.5. The topological polar surface area (TPSA) is 115 Å². The van der Waals surface area contributed by atoms with E-state index in [9.17, 15) is 19.5 Å². The Morgan fingerprint density at radius 2 is 1.79 bits per heavy atom. The van der Waals surface area contributed by atoms with Crippen LogP contribution in [0, 0.1) is 6.92 Å². The van der Waals surface area contributed by atoms with Gasteiger partial charge in [-0.05, 0) is 55.3 Å². The lowest BCUT2D eigenvalue weighted by Crippen LogP contribution is -2.29. The van der Waals surface area contributed by atoms with Gasteiger partial charge >= 0.3 is 5.91 Å². The summed E-state index contributed by atoms with van der Waals surface area (Å²) in [5.41, 5.74) is 1.19. The van der Waals surface area contributed by atoms with Gasteiger partial charge in [-0.2, -0.15) is 0 Å². The molecule has 39 heavy (non-hydrogen) atoms. The molecule has 1 saturated heterocycles. The minimum atomic E-state index is -1.03. The molecule has 0 bridgehead atoms. The first-order valence-corrected chi connectivity index (χ1v) is 13.3. The SMILES string of the molecule is CCCCOc1ccc(C2/C(=C(/O)c3ccc(OC)cc3)C(=O)C(=O)N2c2nc(C)c(C(C)=O)s2)cc1OC. The number of amides is 1. The average Bonchev–Trinajstić information content (AvgIpc) is 3.45. The predicted octanol–water partition coefficient (Wildman–Crippen LogP) is 5.48. The van der Waals surface area contributed by atoms with Gasteiger partial charge in [0.05, 0.1) is 43.0 Å². The number of Topliss-reactive ketones (excluding diaryl/α,β-unsaturated/α-hetero) is 2. The molecule has 204 valence electrons. The van der Waals surface area contributed by atoms with E-state index < -0.39 is 17.7 Å². The fourth-order valence-electron chi connectivity index (χ4n) is 4.36. The lowest BCUT2D eigenvalue weighted by molar-refractivity contribution is -0.132. The summed E-state index contributed by atoms with van der Waals surface area (Å²) in [6.45, 7) is 5.66. The van der Waals surface area contributed by atoms with Crippen molar-refractivity contribution in [3.8, 4) is 17.2 Å². The van der Waals surface area contributed by atoms with Crippen molar-refractivity contribution in [2.24, 2.45) is 0 Å². The number of anilines is 1. The smallest absolute Gasteiger partial charge is 0.301 e. The van der Waals surface area contributed by atoms with Crippen molar-refractivity contribution >= 4 is 39.7 Å². The van der Waals surface area contributed by atoms with Crippen molar-refractivity contribution in [1.29, 1.82) is 0 Å². The number of carbonyl (C=O) groups is 3. The zero-order valence-corrected chi connectivity index (χ0v) is 23.3. The third-order valence-corrected chi connectivity index (χ3v) is 7.64. The van der Waals surface area contributed by atoms with Crippen LogP contribution in [0.1, 0.15) is 59.2 Å². The second-order valence-corrected chi connectivity index (χ2v) is 9.95. The van der Waals surface area contributed by atoms with Gasteiger partial charge in [0.25, 0.3) is 5.78 Å². The zero-order chi connectivity index (χ0) is 28.3. The lowest BCUT2D eigenvalue weighted by atomic mass is 9.95. The molecule has 4 rings (SSSR count). The van der Waals surface area contributed by atoms with Crippen molar-refractivity contribution < 1.29 is 33.7 Å². The highest BCUT2D eigenvalue weighted by molar-refractivity contribution is 7.18. The standard InChI is InChI=1S/C29H30N2O7S/c1-6-7-14-38-21-13-10-19(15-22(21)37-5)24-23(25(33)18-8-11-20(36-4)12-9-18)26(34)28(35)31(24)29-30-16(2)27(39-29)17(3)32/h8-13,15,24,33H,6-7,14H2,1-5H3/b25-23-. The van der Waals surface area contributed by atoms with E-state index in [0.29, 0.717) is 45.6 Å². The highest BCUT2D eigenvalue weighted by Crippen LogP contribution is 2.45. The third-order valence-electron chi connectivity index (χ3n) is 6.38. The molecule has 1 aliphatic rings. The van der Waals surface area contributed by atoms with Crippen LogP contribution < -0.4 is 19.1 Å². The Bertz CT molecular complexity index is 1440. The number of aliphatic hydroxyl groups is 1. The minimum Gasteiger partial charge on any atom is -0.507 e. The molecule has 1 atom stereocenters. The third kappa shape index (κ3) is 5.37. The number of carbonyl (C=O) groups excluding carboxylic acids is 3. The molecule has 1 unspecified atom stereocenters. The van der Waals surface area contributed by atoms with Crippen molar-refractivity contribution in [1.82, 2.24) is 4.98 Å². The molecule has 0 spiro atoms. The number of ether oxygens (including phenoxy) is 3. The number of rotatable bonds is 10. The summed E-state index contributed by atoms with van der Waals surface area (Å²) in [6.07, 6.45) is 1.84. The van der Waals surface area contributed by atoms with Crippen molar-refractivity contribution in [3.05, 3.63) is 69.7 Å². The van der Waals surface area contributed by atoms with Crippen LogP contribution in [0.3, 0.4) is 0 Å². The Morgan fingerprint density at radius 1 is 1.08 bits per heavy atom. The van der Waals surface area contributed by atoms with Crippen LogP contribution in [-0.4, -0.2) is 48.4 Å². The molecule has 1 amide bonds. The van der Waals surface area contributed by atoms with Crippen LogP contribution >= 0.6 is 11.3 Å². The summed E-state index contributed by atoms with van der Waals surface area (Å²) in [4.78, 5) is 45.1. The van der Waals surface area contributed by atoms with Gasteiger partial charge in [0.15, 0.2) is 22.4 Å². The van der Waals surface area contributed by atoms with Gasteiger partial charge in [-0.1, -0.05) is 30.7 Å². The summed E-state index contributed by atoms with van der Waals surface area (Å²) in [5, 5.41) is 11.5. The second kappa shape index (κ2) is 11.7. The summed E-state index contributed by atoms with van der Waals surface area (Å²) < 4.78 is 16.6. The number of hydrogen-bond donors (Lipinski definition) is 1. The Hall–Kier alpha value is -4.18. The molecule has 2 heterocycles. The van der Waals surface area contributed by atoms with Crippen LogP contribution in [0.5, 0.6) is 17.2 Å². The van der Waals surface area contributed by atoms with Gasteiger partial charge in [0, 0.05) is 12.5 Å². The van der Waals surface area contributed by atoms with Gasteiger partial charge in [-0.3, -0.25) is 19.3 Å². The largest absolute Gasteiger partial charge is 0.507 e. The maximum atomic E-state index is 13.5. The molecule has 1 aliphatic heterocycles. The Labute approximate surface area is 230 Å². The normalized spacial score (nSPS) is 16.4. The second-order valence-electron chi connectivity index (χ2n) is 8.98. The number of aliphatic hydroxyl groups excluding tert-OH is 1. The van der Waals surface area contributed by atoms with Gasteiger partial charge in [0.1, 0.15) is 11.5 Å². The molecule has 1 fully saturated rings. The van der Waals surface area contributed by atoms with Crippen molar-refractivity contribution in [2.75, 3.05) is 25.7 Å². The highest BCUT2D eigenvalue weighted by atomic mass is 32.1. The molecule has 0 aliphatic carbocycles. The summed E-state index contributed by atoms with van der Waals surface area (Å²) in [7, 11) is 3.03. The van der Waals surface area contributed by atoms with E-state index in [1.165, 1.54) is 26.0 Å². The van der Waals surface area contributed by atoms with Gasteiger partial charge in [-0.25, -0.2) is 4.98 Å². The Kier molecular flexibility index (Phi) is 8.35. The van der Waals surface area contributed by atoms with E-state index in [2.05, 4.69) is 11.9 Å². The molecule has 3 aromatic rings. The van der Waals surface area contributed by atoms with E-state index in [-0.39, 0.29) is 22.2 Å². The van der Waals surface area contributed by atoms with E-state index in [0.717, 1.165) is 24.2 Å². The number of aromatic nitrogens is 1. The quantitative estimate of drug-likeness (QED) is 0.116. The zero-order valence-electron chi connectivity index (χ0n) is 22.4. The fraction of sp³-hybridized carbons (Fsp3) is 0.310. The fourth-order valence-corrected chi connectivity index (χ4v) is 5.35. The van der Waals surface area contributed by atoms with Crippen molar-refractivity contribution in [3.63, 3.8) is 0 Å². The maximum Gasteiger partial charge on any atom is 0.301 e. The summed E-state index contributed by atoms with van der Waals surface area (Å²) >= 11 is 1.03. The van der Waals surface area contributed by atoms with E-state index in [1.807, 2.05) is 0 Å². The van der Waals surface area contributed by atoms with Crippen molar-refractivity contribution in [2.45, 2.75) is 39.7 Å².